The van der Waals surface area contributed by atoms with Crippen LogP contribution in [-0.4, -0.2) is 13.4 Å². The van der Waals surface area contributed by atoms with Gasteiger partial charge in [0.25, 0.3) is 0 Å². The van der Waals surface area contributed by atoms with E-state index in [1.807, 2.05) is 0 Å². The molecule has 0 aliphatic heterocycles. The third kappa shape index (κ3) is 3.67. The van der Waals surface area contributed by atoms with E-state index in [2.05, 4.69) is 9.71 Å². The Morgan fingerprint density at radius 2 is 1.95 bits per heavy atom. The van der Waals surface area contributed by atoms with Crippen molar-refractivity contribution in [2.45, 2.75) is 11.4 Å². The van der Waals surface area contributed by atoms with Gasteiger partial charge in [-0.2, -0.15) is 0 Å². The summed E-state index contributed by atoms with van der Waals surface area (Å²) >= 11 is 11.6. The Hall–Kier alpha value is -1.14. The summed E-state index contributed by atoms with van der Waals surface area (Å²) in [5, 5.41) is 0.467. The number of benzene rings is 1. The number of nitrogens with one attached hydrogen (secondary N) is 1. The minimum Gasteiger partial charge on any atom is -0.260 e. The first kappa shape index (κ1) is 14.3. The van der Waals surface area contributed by atoms with Crippen molar-refractivity contribution >= 4 is 33.2 Å². The van der Waals surface area contributed by atoms with Crippen molar-refractivity contribution in [3.8, 4) is 0 Å². The number of aromatic nitrogens is 1. The second kappa shape index (κ2) is 5.88. The molecule has 0 radical (unpaired) electrons. The highest BCUT2D eigenvalue weighted by atomic mass is 35.5. The van der Waals surface area contributed by atoms with E-state index in [1.54, 1.807) is 24.4 Å². The van der Waals surface area contributed by atoms with Crippen molar-refractivity contribution in [1.82, 2.24) is 9.71 Å². The summed E-state index contributed by atoms with van der Waals surface area (Å²) in [4.78, 5) is 4.03. The lowest BCUT2D eigenvalue weighted by molar-refractivity contribution is 0.580. The van der Waals surface area contributed by atoms with E-state index < -0.39 is 10.0 Å². The summed E-state index contributed by atoms with van der Waals surface area (Å²) in [7, 11) is -3.69. The lowest BCUT2D eigenvalue weighted by Crippen LogP contribution is -2.24. The molecule has 1 aromatic carbocycles. The van der Waals surface area contributed by atoms with Crippen LogP contribution in [0.15, 0.2) is 47.5 Å². The summed E-state index contributed by atoms with van der Waals surface area (Å²) in [6.07, 6.45) is 1.60. The summed E-state index contributed by atoms with van der Waals surface area (Å²) in [5.41, 5.74) is 0.621. The molecular formula is C12H10Cl2N2O2S. The highest BCUT2D eigenvalue weighted by molar-refractivity contribution is 7.89. The van der Waals surface area contributed by atoms with E-state index in [9.17, 15) is 8.42 Å². The Bertz CT molecular complexity index is 675. The number of rotatable bonds is 4. The van der Waals surface area contributed by atoms with Crippen LogP contribution in [0.2, 0.25) is 10.0 Å². The zero-order chi connectivity index (χ0) is 13.9. The number of sulfonamides is 1. The highest BCUT2D eigenvalue weighted by Crippen LogP contribution is 2.24. The number of halogens is 2. The monoisotopic (exact) mass is 316 g/mol. The molecule has 0 atom stereocenters. The SMILES string of the molecule is O=S(=O)(NCc1ccccn1)c1ccc(Cl)cc1Cl. The van der Waals surface area contributed by atoms with Gasteiger partial charge in [-0.15, -0.1) is 0 Å². The van der Waals surface area contributed by atoms with Crippen molar-refractivity contribution in [2.24, 2.45) is 0 Å². The second-order valence-electron chi connectivity index (χ2n) is 3.72. The molecule has 0 aliphatic carbocycles. The van der Waals surface area contributed by atoms with Gasteiger partial charge in [-0.25, -0.2) is 13.1 Å². The van der Waals surface area contributed by atoms with Gasteiger partial charge in [-0.1, -0.05) is 29.3 Å². The predicted octanol–water partition coefficient (Wildman–Crippen LogP) is 2.87. The second-order valence-corrected chi connectivity index (χ2v) is 6.30. The van der Waals surface area contributed by atoms with Crippen LogP contribution in [0.25, 0.3) is 0 Å². The van der Waals surface area contributed by atoms with Crippen LogP contribution in [-0.2, 0) is 16.6 Å². The topological polar surface area (TPSA) is 59.1 Å². The average molecular weight is 317 g/mol. The third-order valence-corrected chi connectivity index (χ3v) is 4.47. The molecule has 1 aromatic heterocycles. The van der Waals surface area contributed by atoms with Crippen LogP contribution < -0.4 is 4.72 Å². The van der Waals surface area contributed by atoms with E-state index in [4.69, 9.17) is 23.2 Å². The molecule has 7 heteroatoms. The van der Waals surface area contributed by atoms with Crippen molar-refractivity contribution < 1.29 is 8.42 Å². The zero-order valence-electron chi connectivity index (χ0n) is 9.68. The molecule has 2 aromatic rings. The minimum absolute atomic E-state index is 0.00509. The summed E-state index contributed by atoms with van der Waals surface area (Å²) < 4.78 is 26.6. The molecule has 0 saturated heterocycles. The molecule has 1 N–H and O–H groups in total. The van der Waals surface area contributed by atoms with Crippen molar-refractivity contribution in [2.75, 3.05) is 0 Å². The maximum atomic E-state index is 12.1. The van der Waals surface area contributed by atoms with Crippen LogP contribution in [0.5, 0.6) is 0 Å². The van der Waals surface area contributed by atoms with Gasteiger partial charge in [-0.05, 0) is 30.3 Å². The van der Waals surface area contributed by atoms with Crippen LogP contribution in [0.4, 0.5) is 0 Å². The first-order chi connectivity index (χ1) is 8.99. The standard InChI is InChI=1S/C12H10Cl2N2O2S/c13-9-4-5-12(11(14)7-9)19(17,18)16-8-10-3-1-2-6-15-10/h1-7,16H,8H2. The molecule has 2 rings (SSSR count). The molecule has 0 aliphatic rings. The molecule has 100 valence electrons. The summed E-state index contributed by atoms with van der Waals surface area (Å²) in [6.45, 7) is 0.0993. The Morgan fingerprint density at radius 1 is 1.16 bits per heavy atom. The molecule has 0 fully saturated rings. The largest absolute Gasteiger partial charge is 0.260 e. The first-order valence-electron chi connectivity index (χ1n) is 5.34. The third-order valence-electron chi connectivity index (χ3n) is 2.35. The summed E-state index contributed by atoms with van der Waals surface area (Å²) in [6, 6.07) is 9.50. The van der Waals surface area contributed by atoms with Gasteiger partial charge in [0.2, 0.25) is 10.0 Å². The van der Waals surface area contributed by atoms with Crippen LogP contribution in [0.3, 0.4) is 0 Å². The molecule has 0 saturated carbocycles. The Labute approximate surface area is 121 Å². The molecule has 0 spiro atoms. The highest BCUT2D eigenvalue weighted by Gasteiger charge is 2.17. The quantitative estimate of drug-likeness (QED) is 0.943. The van der Waals surface area contributed by atoms with E-state index >= 15 is 0 Å². The number of pyridine rings is 1. The number of hydrogen-bond donors (Lipinski definition) is 1. The fourth-order valence-electron chi connectivity index (χ4n) is 1.44. The zero-order valence-corrected chi connectivity index (χ0v) is 12.0. The minimum atomic E-state index is -3.69. The van der Waals surface area contributed by atoms with E-state index in [0.29, 0.717) is 10.7 Å². The van der Waals surface area contributed by atoms with E-state index in [0.717, 1.165) is 0 Å². The molecule has 4 nitrogen and oxygen atoms in total. The molecule has 0 bridgehead atoms. The Kier molecular flexibility index (Phi) is 4.42. The van der Waals surface area contributed by atoms with Crippen molar-refractivity contribution in [1.29, 1.82) is 0 Å². The average Bonchev–Trinajstić information content (AvgIpc) is 2.37. The molecular weight excluding hydrogens is 307 g/mol. The fourth-order valence-corrected chi connectivity index (χ4v) is 3.21. The van der Waals surface area contributed by atoms with Gasteiger partial charge in [0, 0.05) is 11.2 Å². The van der Waals surface area contributed by atoms with Crippen LogP contribution >= 0.6 is 23.2 Å². The maximum Gasteiger partial charge on any atom is 0.242 e. The first-order valence-corrected chi connectivity index (χ1v) is 7.57. The van der Waals surface area contributed by atoms with Gasteiger partial charge in [0.1, 0.15) is 4.90 Å². The van der Waals surface area contributed by atoms with Crippen LogP contribution in [0.1, 0.15) is 5.69 Å². The van der Waals surface area contributed by atoms with Gasteiger partial charge in [0.05, 0.1) is 17.3 Å². The van der Waals surface area contributed by atoms with E-state index in [-0.39, 0.29) is 16.5 Å². The molecule has 0 amide bonds. The normalized spacial score (nSPS) is 11.5. The lowest BCUT2D eigenvalue weighted by atomic mass is 10.4. The lowest BCUT2D eigenvalue weighted by Gasteiger charge is -2.08. The smallest absolute Gasteiger partial charge is 0.242 e. The van der Waals surface area contributed by atoms with Gasteiger partial charge in [0.15, 0.2) is 0 Å². The summed E-state index contributed by atoms with van der Waals surface area (Å²) in [5.74, 6) is 0. The van der Waals surface area contributed by atoms with Crippen molar-refractivity contribution in [3.05, 3.63) is 58.3 Å². The van der Waals surface area contributed by atoms with Gasteiger partial charge in [-0.3, -0.25) is 4.98 Å². The predicted molar refractivity (Wildman–Crippen MR) is 74.7 cm³/mol. The molecule has 19 heavy (non-hydrogen) atoms. The Balaban J connectivity index is 2.19. The van der Waals surface area contributed by atoms with Gasteiger partial charge >= 0.3 is 0 Å². The van der Waals surface area contributed by atoms with E-state index in [1.165, 1.54) is 18.2 Å². The fraction of sp³-hybridized carbons (Fsp3) is 0.0833. The van der Waals surface area contributed by atoms with Crippen LogP contribution in [0, 0.1) is 0 Å². The van der Waals surface area contributed by atoms with Crippen molar-refractivity contribution in [3.63, 3.8) is 0 Å². The number of hydrogen-bond acceptors (Lipinski definition) is 3. The number of nitrogens with zero attached hydrogens (tertiary/aromatic N) is 1. The molecule has 1 heterocycles. The molecule has 0 unspecified atom stereocenters. The Morgan fingerprint density at radius 3 is 2.58 bits per heavy atom. The van der Waals surface area contributed by atoms with Gasteiger partial charge < -0.3 is 0 Å². The maximum absolute atomic E-state index is 12.1.